The molecule has 0 fully saturated rings. The van der Waals surface area contributed by atoms with E-state index in [9.17, 15) is 0 Å². The molecule has 14 radical (unpaired) electrons. The second-order valence-corrected chi connectivity index (χ2v) is 3.65. The Morgan fingerprint density at radius 2 is 1.64 bits per heavy atom. The Hall–Kier alpha value is 1.47. The molecular weight excluding hydrogens is 271 g/mol. The first kappa shape index (κ1) is 13.5. The summed E-state index contributed by atoms with van der Waals surface area (Å²) >= 11 is 1.75. The summed E-state index contributed by atoms with van der Waals surface area (Å²) in [6.45, 7) is -0.532. The summed E-state index contributed by atoms with van der Waals surface area (Å²) in [6, 6.07) is 0. The van der Waals surface area contributed by atoms with Crippen LogP contribution in [0.2, 0.25) is 1.41 Å². The third-order valence-electron chi connectivity index (χ3n) is 2.01. The van der Waals surface area contributed by atoms with Gasteiger partial charge in [0, 0.05) is 73.0 Å². The first-order valence-electron chi connectivity index (χ1n) is 4.54. The summed E-state index contributed by atoms with van der Waals surface area (Å²) in [6.07, 6.45) is -2.62. The van der Waals surface area contributed by atoms with Crippen LogP contribution in [0.3, 0.4) is 0 Å². The quantitative estimate of drug-likeness (QED) is 0.294. The molecule has 0 saturated carbocycles. The van der Waals surface area contributed by atoms with Crippen molar-refractivity contribution in [1.29, 1.82) is 0 Å². The predicted molar refractivity (Wildman–Crippen MR) is 86.2 cm³/mol. The van der Waals surface area contributed by atoms with Crippen LogP contribution >= 0.6 is 22.9 Å². The van der Waals surface area contributed by atoms with E-state index in [-0.39, 0.29) is 0 Å². The summed E-state index contributed by atoms with van der Waals surface area (Å²) in [5, 5.41) is 0. The van der Waals surface area contributed by atoms with Gasteiger partial charge in [0.1, 0.15) is 8.04 Å². The van der Waals surface area contributed by atoms with Crippen molar-refractivity contribution in [3.05, 3.63) is 0 Å². The zero-order chi connectivity index (χ0) is 12.2. The molecule has 1 nitrogen and oxygen atoms in total. The average molecular weight is 274 g/mol. The minimum atomic E-state index is -0.761. The number of rotatable bonds is 6. The molecule has 0 bridgehead atoms. The number of halogens is 1. The smallest absolute Gasteiger partial charge is 0.126 e. The average Bonchev–Trinajstić information content (AvgIpc) is 2.10. The van der Waals surface area contributed by atoms with E-state index in [1.807, 2.05) is 0 Å². The Kier molecular flexibility index (Phi) is 7.44. The van der Waals surface area contributed by atoms with Gasteiger partial charge in [0.15, 0.2) is 0 Å². The monoisotopic (exact) mass is 276 g/mol. The van der Waals surface area contributed by atoms with E-state index in [0.717, 1.165) is 3.43 Å². The van der Waals surface area contributed by atoms with Crippen molar-refractivity contribution in [3.63, 3.8) is 0 Å². The fourth-order valence-electron chi connectivity index (χ4n) is 1.21. The molecule has 0 aliphatic rings. The molecule has 0 rings (SSSR count). The van der Waals surface area contributed by atoms with Gasteiger partial charge in [-0.2, -0.15) is 0 Å². The second kappa shape index (κ2) is 7.70. The van der Waals surface area contributed by atoms with Gasteiger partial charge < -0.3 is 11.2 Å². The second-order valence-electron chi connectivity index (χ2n) is 3.09. The lowest BCUT2D eigenvalue weighted by Crippen LogP contribution is -2.71. The Morgan fingerprint density at radius 1 is 1.21 bits per heavy atom. The molecular formula is HB12IN-. The van der Waals surface area contributed by atoms with Gasteiger partial charge in [0.2, 0.25) is 0 Å². The molecule has 0 unspecified atom stereocenters. The zero-order valence-corrected chi connectivity index (χ0v) is 9.91. The third kappa shape index (κ3) is 4.54. The summed E-state index contributed by atoms with van der Waals surface area (Å²) in [5.74, 6) is 0. The molecule has 14 heteroatoms. The highest BCUT2D eigenvalue weighted by atomic mass is 127. The topological polar surface area (TPSA) is 12.0 Å². The van der Waals surface area contributed by atoms with Crippen molar-refractivity contribution in [2.75, 3.05) is 0 Å². The molecule has 0 heterocycles. The van der Waals surface area contributed by atoms with Crippen LogP contribution in [0.15, 0.2) is 0 Å². The van der Waals surface area contributed by atoms with Crippen LogP contribution in [0.4, 0.5) is 0 Å². The minimum Gasteiger partial charge on any atom is -0.690 e. The Labute approximate surface area is 113 Å². The largest absolute Gasteiger partial charge is 0.690 e. The maximum Gasteiger partial charge on any atom is 0.126 e. The normalized spacial score (nSPS) is 10.4. The Balaban J connectivity index is 4.84. The van der Waals surface area contributed by atoms with Crippen molar-refractivity contribution >= 4 is 109 Å². The molecule has 0 aliphatic carbocycles. The van der Waals surface area contributed by atoms with Gasteiger partial charge in [-0.3, -0.25) is 7.06 Å². The van der Waals surface area contributed by atoms with Crippen LogP contribution in [0.25, 0.3) is 0 Å². The van der Waals surface area contributed by atoms with E-state index in [2.05, 4.69) is 0 Å². The highest BCUT2D eigenvalue weighted by molar-refractivity contribution is 14.1. The molecule has 0 aromatic rings. The maximum absolute atomic E-state index is 7.53. The van der Waals surface area contributed by atoms with Crippen LogP contribution in [-0.4, -0.2) is 85.7 Å². The van der Waals surface area contributed by atoms with Crippen molar-refractivity contribution in [3.8, 4) is 0 Å². The van der Waals surface area contributed by atoms with Crippen molar-refractivity contribution < 1.29 is 1.41 Å². The van der Waals surface area contributed by atoms with Crippen molar-refractivity contribution in [2.45, 2.75) is 0 Å². The van der Waals surface area contributed by atoms with Gasteiger partial charge in [-0.1, -0.05) is 0 Å². The molecule has 1 N–H and O–H groups in total. The minimum absolute atomic E-state index is 0.519. The standard InChI is InChI=1S/B12HIN/c1-7-10(6)12(14-13)11(8(2)3)9(4)5/h14H/q-1/i/hT. The lowest BCUT2D eigenvalue weighted by atomic mass is 8.56. The molecule has 14 heavy (non-hydrogen) atoms. The van der Waals surface area contributed by atoms with Gasteiger partial charge in [-0.05, 0) is 14.1 Å². The van der Waals surface area contributed by atoms with Gasteiger partial charge >= 0.3 is 0 Å². The highest BCUT2D eigenvalue weighted by Crippen LogP contribution is 1.96. The molecule has 0 aliphatic heterocycles. The summed E-state index contributed by atoms with van der Waals surface area (Å²) in [7, 11) is 34.6. The Bertz CT molecular complexity index is 163. The number of nitrogens with one attached hydrogen (secondary N) is 1. The van der Waals surface area contributed by atoms with Crippen molar-refractivity contribution in [1.82, 2.24) is 3.43 Å². The van der Waals surface area contributed by atoms with E-state index in [0.29, 0.717) is 0 Å². The highest BCUT2D eigenvalue weighted by Gasteiger charge is 2.34. The third-order valence-corrected chi connectivity index (χ3v) is 2.66. The van der Waals surface area contributed by atoms with E-state index in [1.54, 1.807) is 22.9 Å². The van der Waals surface area contributed by atoms with E-state index in [1.165, 1.54) is 7.06 Å². The van der Waals surface area contributed by atoms with Gasteiger partial charge in [-0.25, -0.2) is 0 Å². The molecule has 50 valence electrons. The SMILES string of the molecule is [3H]N(I)B(B([B])[B][B-])B(B([B])[B])B([B])[B]. The van der Waals surface area contributed by atoms with E-state index < -0.39 is 32.2 Å². The molecule has 0 atom stereocenters. The fourth-order valence-corrected chi connectivity index (χ4v) is 1.96. The van der Waals surface area contributed by atoms with E-state index in [4.69, 9.17) is 47.8 Å². The Morgan fingerprint density at radius 3 is 1.86 bits per heavy atom. The predicted octanol–water partition coefficient (Wildman–Crippen LogP) is -4.18. The van der Waals surface area contributed by atoms with Gasteiger partial charge in [0.05, 0.1) is 0 Å². The molecule has 0 saturated heterocycles. The van der Waals surface area contributed by atoms with Crippen molar-refractivity contribution in [2.24, 2.45) is 0 Å². The summed E-state index contributed by atoms with van der Waals surface area (Å²) in [4.78, 5) is 0. The zero-order valence-electron chi connectivity index (χ0n) is 8.75. The molecule has 0 aromatic carbocycles. The summed E-state index contributed by atoms with van der Waals surface area (Å²) in [5.41, 5.74) is 0. The summed E-state index contributed by atoms with van der Waals surface area (Å²) < 4.78 is 8.62. The van der Waals surface area contributed by atoms with Crippen LogP contribution in [0.5, 0.6) is 0 Å². The first-order valence-corrected chi connectivity index (χ1v) is 5.06. The lowest BCUT2D eigenvalue weighted by Gasteiger charge is -2.33. The maximum atomic E-state index is 7.53. The van der Waals surface area contributed by atoms with Gasteiger partial charge in [0.25, 0.3) is 0 Å². The molecule has 0 aromatic heterocycles. The van der Waals surface area contributed by atoms with Crippen LogP contribution in [0, 0.1) is 0 Å². The van der Waals surface area contributed by atoms with Crippen LogP contribution in [0.1, 0.15) is 0 Å². The number of hydrogen-bond donors (Lipinski definition) is 1. The molecule has 0 spiro atoms. The first-order chi connectivity index (χ1) is 6.82. The fraction of sp³-hybridized carbons (Fsp3) is 0. The van der Waals surface area contributed by atoms with E-state index >= 15 is 0 Å². The van der Waals surface area contributed by atoms with Crippen LogP contribution in [-0.2, 0) is 0 Å². The van der Waals surface area contributed by atoms with Crippen LogP contribution < -0.4 is 3.43 Å². The van der Waals surface area contributed by atoms with Gasteiger partial charge in [-0.15, -0.1) is 0 Å². The lowest BCUT2D eigenvalue weighted by molar-refractivity contribution is 1.79. The number of hydrogen-bond acceptors (Lipinski definition) is 1. The molecule has 0 amide bonds.